The van der Waals surface area contributed by atoms with Gasteiger partial charge in [0.05, 0.1) is 6.54 Å². The Hall–Kier alpha value is -2.28. The summed E-state index contributed by atoms with van der Waals surface area (Å²) in [6.45, 7) is 3.50. The molecule has 1 N–H and O–H groups in total. The van der Waals surface area contributed by atoms with Gasteiger partial charge in [-0.25, -0.2) is 0 Å². The minimum atomic E-state index is -0.255. The molecule has 2 rings (SSSR count). The Labute approximate surface area is 135 Å². The smallest absolute Gasteiger partial charge is 0.243 e. The first-order valence-electron chi connectivity index (χ1n) is 7.54. The van der Waals surface area contributed by atoms with E-state index in [0.717, 1.165) is 0 Å². The zero-order valence-electron chi connectivity index (χ0n) is 13.5. The number of hydrogen-bond donors (Lipinski definition) is 1. The number of amides is 2. The lowest BCUT2D eigenvalue weighted by Crippen LogP contribution is -2.37. The minimum Gasteiger partial charge on any atom is -0.486 e. The average Bonchev–Trinajstić information content (AvgIpc) is 2.54. The standard InChI is InChI=1S/C16H22N2O5/c1-12(19)18(6-3-7-21-2)11-16(20)17-13-4-5-14-15(10-13)23-9-8-22-14/h4-5,10H,3,6-9,11H2,1-2H3,(H,17,20). The van der Waals surface area contributed by atoms with Crippen molar-refractivity contribution in [2.75, 3.05) is 45.3 Å². The number of rotatable bonds is 7. The van der Waals surface area contributed by atoms with Crippen molar-refractivity contribution in [3.8, 4) is 11.5 Å². The van der Waals surface area contributed by atoms with Crippen LogP contribution < -0.4 is 14.8 Å². The molecule has 1 aromatic carbocycles. The lowest BCUT2D eigenvalue weighted by Gasteiger charge is -2.21. The highest BCUT2D eigenvalue weighted by Gasteiger charge is 2.15. The maximum atomic E-state index is 12.1. The third kappa shape index (κ3) is 5.14. The minimum absolute atomic E-state index is 0.00743. The quantitative estimate of drug-likeness (QED) is 0.765. The molecule has 126 valence electrons. The summed E-state index contributed by atoms with van der Waals surface area (Å²) in [6.07, 6.45) is 0.688. The Balaban J connectivity index is 1.91. The molecule has 1 heterocycles. The van der Waals surface area contributed by atoms with E-state index >= 15 is 0 Å². The summed E-state index contributed by atoms with van der Waals surface area (Å²) in [5.41, 5.74) is 0.611. The van der Waals surface area contributed by atoms with E-state index in [-0.39, 0.29) is 18.4 Å². The van der Waals surface area contributed by atoms with Gasteiger partial charge in [0.1, 0.15) is 13.2 Å². The van der Waals surface area contributed by atoms with Crippen LogP contribution in [0.5, 0.6) is 11.5 Å². The fraction of sp³-hybridized carbons (Fsp3) is 0.500. The van der Waals surface area contributed by atoms with Crippen molar-refractivity contribution < 1.29 is 23.8 Å². The fourth-order valence-corrected chi connectivity index (χ4v) is 2.24. The van der Waals surface area contributed by atoms with Crippen LogP contribution in [-0.2, 0) is 14.3 Å². The van der Waals surface area contributed by atoms with Crippen molar-refractivity contribution in [1.29, 1.82) is 0 Å². The van der Waals surface area contributed by atoms with E-state index in [9.17, 15) is 9.59 Å². The van der Waals surface area contributed by atoms with Gasteiger partial charge in [0.15, 0.2) is 11.5 Å². The van der Waals surface area contributed by atoms with E-state index in [2.05, 4.69) is 5.32 Å². The van der Waals surface area contributed by atoms with Crippen LogP contribution in [0.3, 0.4) is 0 Å². The van der Waals surface area contributed by atoms with Crippen LogP contribution >= 0.6 is 0 Å². The average molecular weight is 322 g/mol. The third-order valence-corrected chi connectivity index (χ3v) is 3.38. The van der Waals surface area contributed by atoms with Gasteiger partial charge in [-0.05, 0) is 18.6 Å². The normalized spacial score (nSPS) is 12.6. The number of benzene rings is 1. The molecule has 0 atom stereocenters. The maximum absolute atomic E-state index is 12.1. The molecule has 1 aromatic rings. The summed E-state index contributed by atoms with van der Waals surface area (Å²) in [7, 11) is 1.60. The molecule has 0 aromatic heterocycles. The van der Waals surface area contributed by atoms with Crippen molar-refractivity contribution in [3.63, 3.8) is 0 Å². The Bertz CT molecular complexity index is 561. The number of hydrogen-bond acceptors (Lipinski definition) is 5. The highest BCUT2D eigenvalue weighted by atomic mass is 16.6. The monoisotopic (exact) mass is 322 g/mol. The second-order valence-corrected chi connectivity index (χ2v) is 5.19. The molecule has 0 radical (unpaired) electrons. The number of nitrogens with one attached hydrogen (secondary N) is 1. The Kier molecular flexibility index (Phi) is 6.22. The molecule has 0 aliphatic carbocycles. The number of nitrogens with zero attached hydrogens (tertiary/aromatic N) is 1. The second-order valence-electron chi connectivity index (χ2n) is 5.19. The molecule has 7 heteroatoms. The van der Waals surface area contributed by atoms with Crippen molar-refractivity contribution in [1.82, 2.24) is 4.90 Å². The van der Waals surface area contributed by atoms with Gasteiger partial charge in [0.25, 0.3) is 0 Å². The van der Waals surface area contributed by atoms with Gasteiger partial charge in [-0.1, -0.05) is 0 Å². The molecule has 0 bridgehead atoms. The summed E-state index contributed by atoms with van der Waals surface area (Å²) in [5, 5.41) is 2.77. The summed E-state index contributed by atoms with van der Waals surface area (Å²) in [6, 6.07) is 5.22. The van der Waals surface area contributed by atoms with Crippen LogP contribution in [0, 0.1) is 0 Å². The zero-order valence-corrected chi connectivity index (χ0v) is 13.5. The largest absolute Gasteiger partial charge is 0.486 e. The van der Waals surface area contributed by atoms with Crippen molar-refractivity contribution in [2.45, 2.75) is 13.3 Å². The van der Waals surface area contributed by atoms with Crippen LogP contribution in [-0.4, -0.2) is 56.7 Å². The topological polar surface area (TPSA) is 77.1 Å². The van der Waals surface area contributed by atoms with E-state index in [1.165, 1.54) is 11.8 Å². The van der Waals surface area contributed by atoms with Crippen molar-refractivity contribution in [3.05, 3.63) is 18.2 Å². The van der Waals surface area contributed by atoms with E-state index in [1.807, 2.05) is 0 Å². The van der Waals surface area contributed by atoms with Gasteiger partial charge in [0.2, 0.25) is 11.8 Å². The molecule has 0 fully saturated rings. The third-order valence-electron chi connectivity index (χ3n) is 3.38. The van der Waals surface area contributed by atoms with Crippen LogP contribution in [0.1, 0.15) is 13.3 Å². The molecule has 23 heavy (non-hydrogen) atoms. The lowest BCUT2D eigenvalue weighted by molar-refractivity contribution is -0.132. The highest BCUT2D eigenvalue weighted by molar-refractivity contribution is 5.94. The van der Waals surface area contributed by atoms with Gasteiger partial charge < -0.3 is 24.4 Å². The summed E-state index contributed by atoms with van der Waals surface area (Å²) in [4.78, 5) is 25.2. The number of anilines is 1. The number of ether oxygens (including phenoxy) is 3. The van der Waals surface area contributed by atoms with Gasteiger partial charge in [-0.3, -0.25) is 9.59 Å². The fourth-order valence-electron chi connectivity index (χ4n) is 2.24. The molecule has 0 spiro atoms. The first-order valence-corrected chi connectivity index (χ1v) is 7.54. The van der Waals surface area contributed by atoms with Gasteiger partial charge in [-0.2, -0.15) is 0 Å². The number of carbonyl (C=O) groups excluding carboxylic acids is 2. The van der Waals surface area contributed by atoms with Crippen molar-refractivity contribution >= 4 is 17.5 Å². The molecule has 2 amide bonds. The lowest BCUT2D eigenvalue weighted by atomic mass is 10.2. The van der Waals surface area contributed by atoms with Crippen LogP contribution in [0.4, 0.5) is 5.69 Å². The van der Waals surface area contributed by atoms with Crippen LogP contribution in [0.25, 0.3) is 0 Å². The predicted octanol–water partition coefficient (Wildman–Crippen LogP) is 1.28. The Morgan fingerprint density at radius 1 is 1.26 bits per heavy atom. The molecule has 1 aliphatic rings. The highest BCUT2D eigenvalue weighted by Crippen LogP contribution is 2.32. The van der Waals surface area contributed by atoms with E-state index < -0.39 is 0 Å². The summed E-state index contributed by atoms with van der Waals surface area (Å²) < 4.78 is 15.9. The van der Waals surface area contributed by atoms with Gasteiger partial charge in [0, 0.05) is 38.9 Å². The SMILES string of the molecule is COCCCN(CC(=O)Nc1ccc2c(c1)OCCO2)C(C)=O. The van der Waals surface area contributed by atoms with E-state index in [0.29, 0.717) is 50.0 Å². The predicted molar refractivity (Wildman–Crippen MR) is 84.8 cm³/mol. The van der Waals surface area contributed by atoms with Crippen molar-refractivity contribution in [2.24, 2.45) is 0 Å². The van der Waals surface area contributed by atoms with Crippen LogP contribution in [0.2, 0.25) is 0 Å². The maximum Gasteiger partial charge on any atom is 0.243 e. The number of fused-ring (bicyclic) bond motifs is 1. The Morgan fingerprint density at radius 3 is 2.70 bits per heavy atom. The number of methoxy groups -OCH3 is 1. The molecule has 1 aliphatic heterocycles. The first-order chi connectivity index (χ1) is 11.1. The van der Waals surface area contributed by atoms with Crippen LogP contribution in [0.15, 0.2) is 18.2 Å². The molecular formula is C16H22N2O5. The Morgan fingerprint density at radius 2 is 2.00 bits per heavy atom. The summed E-state index contributed by atoms with van der Waals surface area (Å²) >= 11 is 0. The zero-order chi connectivity index (χ0) is 16.7. The molecule has 0 saturated carbocycles. The summed E-state index contributed by atoms with van der Waals surface area (Å²) in [5.74, 6) is 0.879. The molecule has 0 unspecified atom stereocenters. The van der Waals surface area contributed by atoms with E-state index in [4.69, 9.17) is 14.2 Å². The molecular weight excluding hydrogens is 300 g/mol. The van der Waals surface area contributed by atoms with E-state index in [1.54, 1.807) is 25.3 Å². The number of carbonyl (C=O) groups is 2. The van der Waals surface area contributed by atoms with Gasteiger partial charge >= 0.3 is 0 Å². The first kappa shape index (κ1) is 17.1. The molecule has 7 nitrogen and oxygen atoms in total. The van der Waals surface area contributed by atoms with Gasteiger partial charge in [-0.15, -0.1) is 0 Å². The second kappa shape index (κ2) is 8.38. The molecule has 0 saturated heterocycles.